The summed E-state index contributed by atoms with van der Waals surface area (Å²) in [4.78, 5) is 13.6. The third-order valence-corrected chi connectivity index (χ3v) is 3.89. The average molecular weight is 338 g/mol. The van der Waals surface area contributed by atoms with Crippen LogP contribution in [0.1, 0.15) is 32.3 Å². The first-order valence-electron chi connectivity index (χ1n) is 6.95. The van der Waals surface area contributed by atoms with E-state index >= 15 is 0 Å². The number of benzene rings is 1. The molecule has 1 heterocycles. The molecule has 0 unspecified atom stereocenters. The van der Waals surface area contributed by atoms with Crippen LogP contribution in [0.3, 0.4) is 0 Å². The van der Waals surface area contributed by atoms with E-state index in [1.165, 1.54) is 0 Å². The van der Waals surface area contributed by atoms with Crippen LogP contribution < -0.4 is 4.90 Å². The zero-order chi connectivity index (χ0) is 14.7. The molecule has 1 aromatic carbocycles. The zero-order valence-corrected chi connectivity index (χ0v) is 13.5. The number of carboxylic acid groups (broad SMARTS) is 1. The monoisotopic (exact) mass is 337 g/mol. The molecule has 0 atom stereocenters. The lowest BCUT2D eigenvalue weighted by molar-refractivity contribution is -0.132. The van der Waals surface area contributed by atoms with Crippen LogP contribution in [-0.4, -0.2) is 24.2 Å². The SMILES string of the molecule is CC(C)CN1CCCC(C(=O)O)=Cc2cc(Br)ccc21. The Hall–Kier alpha value is -1.29. The van der Waals surface area contributed by atoms with Crippen LogP contribution in [0.4, 0.5) is 5.69 Å². The van der Waals surface area contributed by atoms with Crippen molar-refractivity contribution in [2.45, 2.75) is 26.7 Å². The van der Waals surface area contributed by atoms with Gasteiger partial charge in [0.25, 0.3) is 0 Å². The third-order valence-electron chi connectivity index (χ3n) is 3.39. The maximum Gasteiger partial charge on any atom is 0.331 e. The molecule has 0 aromatic heterocycles. The second-order valence-corrected chi connectivity index (χ2v) is 6.54. The fourth-order valence-corrected chi connectivity index (χ4v) is 2.95. The lowest BCUT2D eigenvalue weighted by atomic mass is 10.0. The molecule has 0 spiro atoms. The molecule has 3 nitrogen and oxygen atoms in total. The fraction of sp³-hybridized carbons (Fsp3) is 0.438. The first kappa shape index (κ1) is 15.1. The van der Waals surface area contributed by atoms with E-state index in [0.717, 1.165) is 35.2 Å². The number of halogens is 1. The van der Waals surface area contributed by atoms with Gasteiger partial charge in [0, 0.05) is 28.8 Å². The number of hydrogen-bond acceptors (Lipinski definition) is 2. The van der Waals surface area contributed by atoms with Crippen molar-refractivity contribution in [3.05, 3.63) is 33.8 Å². The standard InChI is InChI=1S/C16H20BrNO2/c1-11(2)10-18-7-3-4-12(16(19)20)8-13-9-14(17)5-6-15(13)18/h5-6,8-9,11H,3-4,7,10H2,1-2H3,(H,19,20). The van der Waals surface area contributed by atoms with Crippen LogP contribution in [0.5, 0.6) is 0 Å². The highest BCUT2D eigenvalue weighted by molar-refractivity contribution is 9.10. The van der Waals surface area contributed by atoms with Crippen molar-refractivity contribution in [1.82, 2.24) is 0 Å². The smallest absolute Gasteiger partial charge is 0.331 e. The molecule has 2 rings (SSSR count). The van der Waals surface area contributed by atoms with Gasteiger partial charge in [-0.1, -0.05) is 29.8 Å². The summed E-state index contributed by atoms with van der Waals surface area (Å²) in [6.07, 6.45) is 3.31. The van der Waals surface area contributed by atoms with Gasteiger partial charge in [-0.15, -0.1) is 0 Å². The van der Waals surface area contributed by atoms with E-state index in [1.807, 2.05) is 18.2 Å². The second kappa shape index (κ2) is 6.44. The van der Waals surface area contributed by atoms with E-state index in [-0.39, 0.29) is 0 Å². The van der Waals surface area contributed by atoms with E-state index in [0.29, 0.717) is 17.9 Å². The van der Waals surface area contributed by atoms with Crippen LogP contribution in [0.25, 0.3) is 6.08 Å². The first-order valence-corrected chi connectivity index (χ1v) is 7.75. The Morgan fingerprint density at radius 2 is 2.20 bits per heavy atom. The molecule has 0 amide bonds. The highest BCUT2D eigenvalue weighted by atomic mass is 79.9. The summed E-state index contributed by atoms with van der Waals surface area (Å²) in [7, 11) is 0. The number of rotatable bonds is 3. The molecule has 0 fully saturated rings. The maximum atomic E-state index is 11.3. The molecule has 1 aliphatic heterocycles. The Bertz CT molecular complexity index is 537. The van der Waals surface area contributed by atoms with Crippen molar-refractivity contribution >= 4 is 33.7 Å². The lowest BCUT2D eigenvalue weighted by Crippen LogP contribution is -2.30. The molecule has 1 N–H and O–H groups in total. The van der Waals surface area contributed by atoms with Gasteiger partial charge in [-0.2, -0.15) is 0 Å². The van der Waals surface area contributed by atoms with Gasteiger partial charge in [0.15, 0.2) is 0 Å². The molecule has 0 aliphatic carbocycles. The highest BCUT2D eigenvalue weighted by Crippen LogP contribution is 2.30. The van der Waals surface area contributed by atoms with Crippen LogP contribution in [0.2, 0.25) is 0 Å². The highest BCUT2D eigenvalue weighted by Gasteiger charge is 2.18. The second-order valence-electron chi connectivity index (χ2n) is 5.62. The molecule has 1 aromatic rings. The molecular formula is C16H20BrNO2. The molecule has 0 bridgehead atoms. The van der Waals surface area contributed by atoms with Crippen LogP contribution >= 0.6 is 15.9 Å². The predicted molar refractivity (Wildman–Crippen MR) is 86.0 cm³/mol. The molecule has 0 radical (unpaired) electrons. The van der Waals surface area contributed by atoms with Gasteiger partial charge in [0.05, 0.1) is 0 Å². The summed E-state index contributed by atoms with van der Waals surface area (Å²) < 4.78 is 0.974. The molecule has 1 aliphatic rings. The quantitative estimate of drug-likeness (QED) is 0.899. The van der Waals surface area contributed by atoms with E-state index < -0.39 is 5.97 Å². The molecule has 108 valence electrons. The summed E-state index contributed by atoms with van der Waals surface area (Å²) in [5.74, 6) is -0.234. The van der Waals surface area contributed by atoms with Gasteiger partial charge in [0.2, 0.25) is 0 Å². The molecule has 4 heteroatoms. The van der Waals surface area contributed by atoms with Crippen molar-refractivity contribution in [2.75, 3.05) is 18.0 Å². The molecule has 0 saturated heterocycles. The average Bonchev–Trinajstić information content (AvgIpc) is 2.33. The summed E-state index contributed by atoms with van der Waals surface area (Å²) >= 11 is 3.47. The normalized spacial score (nSPS) is 15.4. The number of aliphatic carboxylic acids is 1. The lowest BCUT2D eigenvalue weighted by Gasteiger charge is -2.30. The van der Waals surface area contributed by atoms with Crippen molar-refractivity contribution in [1.29, 1.82) is 0 Å². The number of nitrogens with zero attached hydrogens (tertiary/aromatic N) is 1. The van der Waals surface area contributed by atoms with Crippen molar-refractivity contribution in [2.24, 2.45) is 5.92 Å². The summed E-state index contributed by atoms with van der Waals surface area (Å²) in [5, 5.41) is 9.27. The maximum absolute atomic E-state index is 11.3. The van der Waals surface area contributed by atoms with Gasteiger partial charge in [0.1, 0.15) is 0 Å². The van der Waals surface area contributed by atoms with Crippen molar-refractivity contribution in [3.8, 4) is 0 Å². The number of hydrogen-bond donors (Lipinski definition) is 1. The van der Waals surface area contributed by atoms with Gasteiger partial charge in [-0.3, -0.25) is 0 Å². The topological polar surface area (TPSA) is 40.5 Å². The third kappa shape index (κ3) is 3.63. The van der Waals surface area contributed by atoms with Crippen LogP contribution in [0, 0.1) is 5.92 Å². The molecule has 20 heavy (non-hydrogen) atoms. The van der Waals surface area contributed by atoms with Gasteiger partial charge in [-0.05, 0) is 48.6 Å². The van der Waals surface area contributed by atoms with Gasteiger partial charge in [-0.25, -0.2) is 4.79 Å². The zero-order valence-electron chi connectivity index (χ0n) is 11.9. The molecule has 0 saturated carbocycles. The minimum atomic E-state index is -0.812. The van der Waals surface area contributed by atoms with E-state index in [2.05, 4.69) is 40.7 Å². The summed E-state index contributed by atoms with van der Waals surface area (Å²) in [5.41, 5.74) is 2.60. The Labute approximate surface area is 128 Å². The summed E-state index contributed by atoms with van der Waals surface area (Å²) in [6, 6.07) is 6.09. The summed E-state index contributed by atoms with van der Waals surface area (Å²) in [6.45, 7) is 6.30. The fourth-order valence-electron chi connectivity index (χ4n) is 2.57. The number of carboxylic acids is 1. The van der Waals surface area contributed by atoms with Crippen LogP contribution in [0.15, 0.2) is 28.2 Å². The van der Waals surface area contributed by atoms with Crippen molar-refractivity contribution < 1.29 is 9.90 Å². The Morgan fingerprint density at radius 1 is 1.45 bits per heavy atom. The minimum absolute atomic E-state index is 0.494. The van der Waals surface area contributed by atoms with E-state index in [4.69, 9.17) is 0 Å². The van der Waals surface area contributed by atoms with Gasteiger partial charge < -0.3 is 10.0 Å². The number of fused-ring (bicyclic) bond motifs is 1. The predicted octanol–water partition coefficient (Wildman–Crippen LogP) is 4.17. The number of carbonyl (C=O) groups is 1. The molecular weight excluding hydrogens is 318 g/mol. The van der Waals surface area contributed by atoms with Gasteiger partial charge >= 0.3 is 5.97 Å². The van der Waals surface area contributed by atoms with Crippen LogP contribution in [-0.2, 0) is 4.79 Å². The van der Waals surface area contributed by atoms with E-state index in [9.17, 15) is 9.90 Å². The largest absolute Gasteiger partial charge is 0.478 e. The Balaban J connectivity index is 2.47. The van der Waals surface area contributed by atoms with E-state index in [1.54, 1.807) is 0 Å². The first-order chi connectivity index (χ1) is 9.47. The Kier molecular flexibility index (Phi) is 4.86. The minimum Gasteiger partial charge on any atom is -0.478 e. The number of anilines is 1. The Morgan fingerprint density at radius 3 is 2.85 bits per heavy atom. The van der Waals surface area contributed by atoms with Crippen molar-refractivity contribution in [3.63, 3.8) is 0 Å².